The molecule has 3 aliphatic heterocycles. The highest BCUT2D eigenvalue weighted by molar-refractivity contribution is 6.46. The molecule has 0 spiro atoms. The number of ketones is 1. The van der Waals surface area contributed by atoms with Gasteiger partial charge in [-0.1, -0.05) is 45.0 Å². The smallest absolute Gasteiger partial charge is 0.295 e. The van der Waals surface area contributed by atoms with Crippen molar-refractivity contribution in [1.29, 1.82) is 0 Å². The molecule has 2 saturated heterocycles. The first-order valence-electron chi connectivity index (χ1n) is 12.1. The van der Waals surface area contributed by atoms with Crippen molar-refractivity contribution in [2.24, 2.45) is 0 Å². The van der Waals surface area contributed by atoms with Crippen molar-refractivity contribution in [1.82, 2.24) is 4.90 Å². The first-order chi connectivity index (χ1) is 16.7. The topological polar surface area (TPSA) is 85.3 Å². The zero-order chi connectivity index (χ0) is 24.7. The number of hydrogen-bond acceptors (Lipinski definition) is 6. The zero-order valence-electron chi connectivity index (χ0n) is 20.4. The van der Waals surface area contributed by atoms with Gasteiger partial charge in [-0.3, -0.25) is 9.59 Å². The van der Waals surface area contributed by atoms with Crippen LogP contribution in [-0.2, 0) is 19.7 Å². The largest absolute Gasteiger partial charge is 0.507 e. The standard InChI is InChI=1S/C28H31NO6/c1-28(2,3)19-9-6-17(7-10-19)24-23(26(31)27(32)29(24)16-20-5-4-12-33-20)25(30)18-8-11-21-22(15-18)35-14-13-34-21/h6-11,15,20,24,30H,4-5,12-14,16H2,1-3H3/b25-23-. The van der Waals surface area contributed by atoms with Gasteiger partial charge in [-0.05, 0) is 47.6 Å². The van der Waals surface area contributed by atoms with Crippen LogP contribution in [0.4, 0.5) is 0 Å². The Balaban J connectivity index is 1.59. The lowest BCUT2D eigenvalue weighted by molar-refractivity contribution is -0.140. The van der Waals surface area contributed by atoms with Gasteiger partial charge in [0.05, 0.1) is 17.7 Å². The van der Waals surface area contributed by atoms with Crippen molar-refractivity contribution in [3.05, 3.63) is 64.7 Å². The molecule has 2 aromatic rings. The number of rotatable bonds is 4. The minimum Gasteiger partial charge on any atom is -0.507 e. The summed E-state index contributed by atoms with van der Waals surface area (Å²) in [5, 5.41) is 11.4. The average molecular weight is 478 g/mol. The molecule has 5 rings (SSSR count). The molecule has 2 aromatic carbocycles. The fourth-order valence-electron chi connectivity index (χ4n) is 4.93. The molecule has 0 saturated carbocycles. The Labute approximate surface area is 205 Å². The minimum absolute atomic E-state index is 0.0385. The average Bonchev–Trinajstić information content (AvgIpc) is 3.45. The van der Waals surface area contributed by atoms with Gasteiger partial charge < -0.3 is 24.2 Å². The number of amides is 1. The number of Topliss-reactive ketones (excluding diaryl/α,β-unsaturated/α-hetero) is 1. The summed E-state index contributed by atoms with van der Waals surface area (Å²) >= 11 is 0. The van der Waals surface area contributed by atoms with Gasteiger partial charge in [-0.15, -0.1) is 0 Å². The van der Waals surface area contributed by atoms with Crippen LogP contribution in [0.25, 0.3) is 5.76 Å². The third-order valence-corrected chi connectivity index (χ3v) is 6.87. The summed E-state index contributed by atoms with van der Waals surface area (Å²) in [6, 6.07) is 12.2. The lowest BCUT2D eigenvalue weighted by Gasteiger charge is -2.28. The molecule has 1 N–H and O–H groups in total. The first-order valence-corrected chi connectivity index (χ1v) is 12.1. The Bertz CT molecular complexity index is 1170. The van der Waals surface area contributed by atoms with Crippen molar-refractivity contribution in [2.75, 3.05) is 26.4 Å². The maximum Gasteiger partial charge on any atom is 0.295 e. The van der Waals surface area contributed by atoms with E-state index in [9.17, 15) is 14.7 Å². The van der Waals surface area contributed by atoms with Gasteiger partial charge in [-0.2, -0.15) is 0 Å². The van der Waals surface area contributed by atoms with Crippen LogP contribution in [0.3, 0.4) is 0 Å². The van der Waals surface area contributed by atoms with Gasteiger partial charge in [-0.25, -0.2) is 0 Å². The Morgan fingerprint density at radius 3 is 2.37 bits per heavy atom. The van der Waals surface area contributed by atoms with E-state index < -0.39 is 17.7 Å². The number of fused-ring (bicyclic) bond motifs is 1. The molecule has 184 valence electrons. The molecule has 1 amide bonds. The Morgan fingerprint density at radius 1 is 1.00 bits per heavy atom. The van der Waals surface area contributed by atoms with E-state index in [0.29, 0.717) is 43.4 Å². The third kappa shape index (κ3) is 4.41. The molecular formula is C28H31NO6. The highest BCUT2D eigenvalue weighted by atomic mass is 16.6. The molecule has 7 heteroatoms. The van der Waals surface area contributed by atoms with Gasteiger partial charge in [0.15, 0.2) is 11.5 Å². The lowest BCUT2D eigenvalue weighted by Crippen LogP contribution is -2.36. The number of carbonyl (C=O) groups is 2. The minimum atomic E-state index is -0.707. The van der Waals surface area contributed by atoms with Gasteiger partial charge >= 0.3 is 0 Å². The molecule has 7 nitrogen and oxygen atoms in total. The Hall–Kier alpha value is -3.32. The number of benzene rings is 2. The summed E-state index contributed by atoms with van der Waals surface area (Å²) in [5.74, 6) is -0.453. The second kappa shape index (κ2) is 9.04. The maximum atomic E-state index is 13.3. The van der Waals surface area contributed by atoms with E-state index in [-0.39, 0.29) is 22.9 Å². The molecule has 2 fully saturated rings. The highest BCUT2D eigenvalue weighted by Gasteiger charge is 2.47. The van der Waals surface area contributed by atoms with Crippen LogP contribution in [0.2, 0.25) is 0 Å². The number of aliphatic hydroxyl groups is 1. The summed E-state index contributed by atoms with van der Waals surface area (Å²) in [6.45, 7) is 8.21. The molecule has 0 bridgehead atoms. The van der Waals surface area contributed by atoms with Crippen LogP contribution >= 0.6 is 0 Å². The van der Waals surface area contributed by atoms with Crippen molar-refractivity contribution < 1.29 is 28.9 Å². The number of carbonyl (C=O) groups excluding carboxylic acids is 2. The van der Waals surface area contributed by atoms with Gasteiger partial charge in [0.25, 0.3) is 11.7 Å². The maximum absolute atomic E-state index is 13.3. The molecule has 2 atom stereocenters. The van der Waals surface area contributed by atoms with E-state index in [1.165, 1.54) is 0 Å². The summed E-state index contributed by atoms with van der Waals surface area (Å²) in [5.41, 5.74) is 2.36. The molecule has 3 heterocycles. The number of ether oxygens (including phenoxy) is 3. The monoisotopic (exact) mass is 477 g/mol. The lowest BCUT2D eigenvalue weighted by atomic mass is 9.85. The fourth-order valence-corrected chi connectivity index (χ4v) is 4.93. The normalized spacial score (nSPS) is 23.7. The fraction of sp³-hybridized carbons (Fsp3) is 0.429. The molecule has 0 aromatic heterocycles. The van der Waals surface area contributed by atoms with Crippen molar-refractivity contribution >= 4 is 17.4 Å². The van der Waals surface area contributed by atoms with Crippen LogP contribution in [0, 0.1) is 0 Å². The number of hydrogen-bond donors (Lipinski definition) is 1. The van der Waals surface area contributed by atoms with Crippen LogP contribution in [0.5, 0.6) is 11.5 Å². The van der Waals surface area contributed by atoms with Crippen LogP contribution in [-0.4, -0.2) is 54.2 Å². The van der Waals surface area contributed by atoms with Crippen molar-refractivity contribution in [2.45, 2.75) is 51.2 Å². The molecule has 35 heavy (non-hydrogen) atoms. The van der Waals surface area contributed by atoms with E-state index in [0.717, 1.165) is 24.0 Å². The molecular weight excluding hydrogens is 446 g/mol. The van der Waals surface area contributed by atoms with Gasteiger partial charge in [0.2, 0.25) is 0 Å². The summed E-state index contributed by atoms with van der Waals surface area (Å²) in [7, 11) is 0. The van der Waals surface area contributed by atoms with Gasteiger partial charge in [0, 0.05) is 18.7 Å². The third-order valence-electron chi connectivity index (χ3n) is 6.87. The number of nitrogens with zero attached hydrogens (tertiary/aromatic N) is 1. The van der Waals surface area contributed by atoms with E-state index in [4.69, 9.17) is 14.2 Å². The molecule has 3 aliphatic rings. The SMILES string of the molecule is CC(C)(C)c1ccc(C2/C(=C(/O)c3ccc4c(c3)OCCO4)C(=O)C(=O)N2CC2CCCO2)cc1. The second-order valence-corrected chi connectivity index (χ2v) is 10.3. The molecule has 0 radical (unpaired) electrons. The van der Waals surface area contributed by atoms with Crippen molar-refractivity contribution in [3.8, 4) is 11.5 Å². The van der Waals surface area contributed by atoms with Gasteiger partial charge in [0.1, 0.15) is 19.0 Å². The predicted molar refractivity (Wildman–Crippen MR) is 131 cm³/mol. The van der Waals surface area contributed by atoms with E-state index in [1.54, 1.807) is 23.1 Å². The van der Waals surface area contributed by atoms with Crippen LogP contribution in [0.1, 0.15) is 56.3 Å². The molecule has 0 aliphatic carbocycles. The zero-order valence-corrected chi connectivity index (χ0v) is 20.4. The van der Waals surface area contributed by atoms with E-state index >= 15 is 0 Å². The quantitative estimate of drug-likeness (QED) is 0.400. The highest BCUT2D eigenvalue weighted by Crippen LogP contribution is 2.42. The predicted octanol–water partition coefficient (Wildman–Crippen LogP) is 4.36. The number of aliphatic hydroxyl groups excluding tert-OH is 1. The van der Waals surface area contributed by atoms with Crippen LogP contribution in [0.15, 0.2) is 48.0 Å². The van der Waals surface area contributed by atoms with Crippen molar-refractivity contribution in [3.63, 3.8) is 0 Å². The Kier molecular flexibility index (Phi) is 6.05. The summed E-state index contributed by atoms with van der Waals surface area (Å²) < 4.78 is 17.0. The number of likely N-dealkylation sites (tertiary alicyclic amines) is 1. The van der Waals surface area contributed by atoms with Crippen LogP contribution < -0.4 is 9.47 Å². The first kappa shape index (κ1) is 23.4. The summed E-state index contributed by atoms with van der Waals surface area (Å²) in [6.07, 6.45) is 1.64. The van der Waals surface area contributed by atoms with E-state index in [2.05, 4.69) is 20.8 Å². The Morgan fingerprint density at radius 2 is 1.71 bits per heavy atom. The summed E-state index contributed by atoms with van der Waals surface area (Å²) in [4.78, 5) is 28.1. The molecule has 2 unspecified atom stereocenters. The van der Waals surface area contributed by atoms with E-state index in [1.807, 2.05) is 24.3 Å². The second-order valence-electron chi connectivity index (χ2n) is 10.3.